The summed E-state index contributed by atoms with van der Waals surface area (Å²) in [7, 11) is 1.25. The van der Waals surface area contributed by atoms with Gasteiger partial charge in [-0.25, -0.2) is 4.79 Å². The Hall–Kier alpha value is -1.20. The molecule has 0 saturated carbocycles. The van der Waals surface area contributed by atoms with Gasteiger partial charge in [0, 0.05) is 12.3 Å². The highest BCUT2D eigenvalue weighted by Gasteiger charge is 2.44. The van der Waals surface area contributed by atoms with Crippen molar-refractivity contribution in [2.45, 2.75) is 19.1 Å². The quantitative estimate of drug-likeness (QED) is 0.479. The molecule has 5 heteroatoms. The molecule has 2 rings (SSSR count). The Balaban J connectivity index is 2.35. The van der Waals surface area contributed by atoms with Crippen LogP contribution in [0, 0.1) is 5.92 Å². The minimum Gasteiger partial charge on any atom is -0.465 e. The molecule has 1 spiro atoms. The average Bonchev–Trinajstić information content (AvgIpc) is 2.71. The SMILES string of the molecule is COC(=O)C1=CC2(CC(C)C1=O)OCCO2. The summed E-state index contributed by atoms with van der Waals surface area (Å²) in [6.07, 6.45) is 1.90. The summed E-state index contributed by atoms with van der Waals surface area (Å²) in [5, 5.41) is 0. The third-order valence-corrected chi connectivity index (χ3v) is 2.85. The number of ether oxygens (including phenoxy) is 3. The predicted octanol–water partition coefficient (Wildman–Crippen LogP) is 0.438. The molecule has 1 fully saturated rings. The van der Waals surface area contributed by atoms with E-state index in [4.69, 9.17) is 9.47 Å². The van der Waals surface area contributed by atoms with Crippen LogP contribution in [0.2, 0.25) is 0 Å². The lowest BCUT2D eigenvalue weighted by atomic mass is 9.85. The van der Waals surface area contributed by atoms with Crippen LogP contribution in [-0.4, -0.2) is 37.9 Å². The van der Waals surface area contributed by atoms with E-state index in [1.807, 2.05) is 0 Å². The number of rotatable bonds is 1. The summed E-state index contributed by atoms with van der Waals surface area (Å²) in [5.74, 6) is -2.04. The molecule has 0 N–H and O–H groups in total. The molecular formula is C11H14O5. The van der Waals surface area contributed by atoms with Crippen molar-refractivity contribution in [2.75, 3.05) is 20.3 Å². The minimum absolute atomic E-state index is 0.0307. The topological polar surface area (TPSA) is 61.8 Å². The first-order valence-electron chi connectivity index (χ1n) is 5.21. The van der Waals surface area contributed by atoms with E-state index in [0.717, 1.165) is 0 Å². The Morgan fingerprint density at radius 1 is 1.50 bits per heavy atom. The van der Waals surface area contributed by atoms with E-state index in [2.05, 4.69) is 4.74 Å². The van der Waals surface area contributed by atoms with Crippen LogP contribution in [0.3, 0.4) is 0 Å². The van der Waals surface area contributed by atoms with E-state index in [1.54, 1.807) is 6.92 Å². The molecule has 0 amide bonds. The maximum Gasteiger partial charge on any atom is 0.341 e. The smallest absolute Gasteiger partial charge is 0.341 e. The summed E-state index contributed by atoms with van der Waals surface area (Å²) in [6, 6.07) is 0. The first-order chi connectivity index (χ1) is 7.58. The molecule has 0 radical (unpaired) electrons. The van der Waals surface area contributed by atoms with E-state index in [0.29, 0.717) is 19.6 Å². The Morgan fingerprint density at radius 3 is 2.69 bits per heavy atom. The van der Waals surface area contributed by atoms with E-state index < -0.39 is 11.8 Å². The number of carbonyl (C=O) groups is 2. The molecule has 0 aromatic rings. The lowest BCUT2D eigenvalue weighted by Crippen LogP contribution is -2.39. The molecule has 1 aliphatic heterocycles. The third kappa shape index (κ3) is 1.76. The van der Waals surface area contributed by atoms with Crippen LogP contribution in [0.5, 0.6) is 0 Å². The van der Waals surface area contributed by atoms with Crippen LogP contribution >= 0.6 is 0 Å². The first kappa shape index (κ1) is 11.3. The summed E-state index contributed by atoms with van der Waals surface area (Å²) < 4.78 is 15.5. The lowest BCUT2D eigenvalue weighted by Gasteiger charge is -2.31. The van der Waals surface area contributed by atoms with Crippen LogP contribution in [0.1, 0.15) is 13.3 Å². The zero-order chi connectivity index (χ0) is 11.8. The van der Waals surface area contributed by atoms with Gasteiger partial charge in [0.05, 0.1) is 20.3 Å². The molecule has 2 aliphatic rings. The highest BCUT2D eigenvalue weighted by atomic mass is 16.7. The van der Waals surface area contributed by atoms with Gasteiger partial charge in [-0.1, -0.05) is 6.92 Å². The standard InChI is InChI=1S/C11H14O5/c1-7-5-11(15-3-4-16-11)6-8(9(7)12)10(13)14-2/h6-7H,3-5H2,1-2H3. The van der Waals surface area contributed by atoms with Crippen molar-refractivity contribution in [1.82, 2.24) is 0 Å². The van der Waals surface area contributed by atoms with E-state index in [9.17, 15) is 9.59 Å². The summed E-state index contributed by atoms with van der Waals surface area (Å²) >= 11 is 0. The minimum atomic E-state index is -0.906. The molecular weight excluding hydrogens is 212 g/mol. The van der Waals surface area contributed by atoms with Crippen molar-refractivity contribution >= 4 is 11.8 Å². The van der Waals surface area contributed by atoms with Crippen molar-refractivity contribution in [1.29, 1.82) is 0 Å². The highest BCUT2D eigenvalue weighted by molar-refractivity contribution is 6.18. The summed E-state index contributed by atoms with van der Waals surface area (Å²) in [6.45, 7) is 2.71. The third-order valence-electron chi connectivity index (χ3n) is 2.85. The van der Waals surface area contributed by atoms with Gasteiger partial charge in [-0.05, 0) is 6.08 Å². The van der Waals surface area contributed by atoms with Crippen molar-refractivity contribution in [2.24, 2.45) is 5.92 Å². The highest BCUT2D eigenvalue weighted by Crippen LogP contribution is 2.35. The van der Waals surface area contributed by atoms with Crippen LogP contribution in [0.15, 0.2) is 11.6 Å². The average molecular weight is 226 g/mol. The Bertz CT molecular complexity index is 351. The maximum atomic E-state index is 11.8. The fourth-order valence-corrected chi connectivity index (χ4v) is 2.08. The van der Waals surface area contributed by atoms with Crippen LogP contribution in [-0.2, 0) is 23.8 Å². The second-order valence-electron chi connectivity index (χ2n) is 4.03. The number of Topliss-reactive ketones (excluding diaryl/α,β-unsaturated/α-hetero) is 1. The molecule has 16 heavy (non-hydrogen) atoms. The number of hydrogen-bond acceptors (Lipinski definition) is 5. The van der Waals surface area contributed by atoms with Crippen molar-refractivity contribution < 1.29 is 23.8 Å². The van der Waals surface area contributed by atoms with Gasteiger partial charge in [-0.3, -0.25) is 4.79 Å². The number of hydrogen-bond donors (Lipinski definition) is 0. The predicted molar refractivity (Wildman–Crippen MR) is 53.5 cm³/mol. The molecule has 88 valence electrons. The normalized spacial score (nSPS) is 28.0. The van der Waals surface area contributed by atoms with Crippen molar-refractivity contribution in [3.8, 4) is 0 Å². The molecule has 0 bridgehead atoms. The number of methoxy groups -OCH3 is 1. The maximum absolute atomic E-state index is 11.8. The van der Waals surface area contributed by atoms with Crippen LogP contribution < -0.4 is 0 Å². The second kappa shape index (κ2) is 3.99. The van der Waals surface area contributed by atoms with Crippen LogP contribution in [0.4, 0.5) is 0 Å². The largest absolute Gasteiger partial charge is 0.465 e. The van der Waals surface area contributed by atoms with Gasteiger partial charge in [-0.15, -0.1) is 0 Å². The molecule has 0 aromatic heterocycles. The van der Waals surface area contributed by atoms with Crippen molar-refractivity contribution in [3.05, 3.63) is 11.6 Å². The molecule has 5 nitrogen and oxygen atoms in total. The molecule has 0 aromatic carbocycles. The van der Waals surface area contributed by atoms with Gasteiger partial charge in [0.2, 0.25) is 0 Å². The van der Waals surface area contributed by atoms with Crippen molar-refractivity contribution in [3.63, 3.8) is 0 Å². The number of carbonyl (C=O) groups excluding carboxylic acids is 2. The fraction of sp³-hybridized carbons (Fsp3) is 0.636. The second-order valence-corrected chi connectivity index (χ2v) is 4.03. The molecule has 1 aliphatic carbocycles. The summed E-state index contributed by atoms with van der Waals surface area (Å²) in [5.41, 5.74) is 0.0307. The van der Waals surface area contributed by atoms with Gasteiger partial charge >= 0.3 is 5.97 Å². The van der Waals surface area contributed by atoms with Gasteiger partial charge in [0.1, 0.15) is 5.57 Å². The monoisotopic (exact) mass is 226 g/mol. The van der Waals surface area contributed by atoms with E-state index >= 15 is 0 Å². The van der Waals surface area contributed by atoms with Gasteiger partial charge in [-0.2, -0.15) is 0 Å². The fourth-order valence-electron chi connectivity index (χ4n) is 2.08. The Kier molecular flexibility index (Phi) is 2.82. The molecule has 1 saturated heterocycles. The zero-order valence-electron chi connectivity index (χ0n) is 9.32. The molecule has 1 heterocycles. The molecule has 1 atom stereocenters. The molecule has 1 unspecified atom stereocenters. The van der Waals surface area contributed by atoms with Gasteiger partial charge in [0.25, 0.3) is 0 Å². The van der Waals surface area contributed by atoms with Crippen LogP contribution in [0.25, 0.3) is 0 Å². The van der Waals surface area contributed by atoms with Gasteiger partial charge < -0.3 is 14.2 Å². The van der Waals surface area contributed by atoms with Gasteiger partial charge in [0.15, 0.2) is 11.6 Å². The zero-order valence-corrected chi connectivity index (χ0v) is 9.32. The van der Waals surface area contributed by atoms with E-state index in [1.165, 1.54) is 13.2 Å². The number of esters is 1. The summed E-state index contributed by atoms with van der Waals surface area (Å²) in [4.78, 5) is 23.2. The lowest BCUT2D eigenvalue weighted by molar-refractivity contribution is -0.151. The Labute approximate surface area is 93.4 Å². The Morgan fingerprint density at radius 2 is 2.12 bits per heavy atom. The number of ketones is 1. The first-order valence-corrected chi connectivity index (χ1v) is 5.21. The van der Waals surface area contributed by atoms with E-state index in [-0.39, 0.29) is 17.3 Å².